The average molecular weight is 342 g/mol. The summed E-state index contributed by atoms with van der Waals surface area (Å²) in [6.45, 7) is 13.6. The van der Waals surface area contributed by atoms with Crippen LogP contribution in [0.4, 0.5) is 4.79 Å². The van der Waals surface area contributed by atoms with Gasteiger partial charge in [0, 0.05) is 24.0 Å². The maximum absolute atomic E-state index is 11.8. The van der Waals surface area contributed by atoms with E-state index in [1.54, 1.807) is 0 Å². The summed E-state index contributed by atoms with van der Waals surface area (Å²) in [5, 5.41) is 0. The Kier molecular flexibility index (Phi) is 10.2. The zero-order valence-corrected chi connectivity index (χ0v) is 14.8. The summed E-state index contributed by atoms with van der Waals surface area (Å²) < 4.78 is 19.9. The maximum Gasteiger partial charge on any atom is 0.514 e. The standard InChI is InChI=1S/C17H26O7/c1-7-9-13(21-15(18)11(3)4)23-17(20)24-14(10-8-2)22-16(19)12(5)6/h13-14H,3,5,7-10H2,1-2,4,6H3. The molecule has 0 N–H and O–H groups in total. The fourth-order valence-electron chi connectivity index (χ4n) is 1.44. The molecule has 0 aromatic carbocycles. The molecule has 0 aromatic heterocycles. The van der Waals surface area contributed by atoms with Gasteiger partial charge >= 0.3 is 18.1 Å². The summed E-state index contributed by atoms with van der Waals surface area (Å²) in [7, 11) is 0. The third-order valence-electron chi connectivity index (χ3n) is 2.68. The van der Waals surface area contributed by atoms with E-state index in [-0.39, 0.29) is 11.1 Å². The van der Waals surface area contributed by atoms with Crippen molar-refractivity contribution in [2.75, 3.05) is 0 Å². The van der Waals surface area contributed by atoms with Gasteiger partial charge < -0.3 is 18.9 Å². The van der Waals surface area contributed by atoms with Crippen LogP contribution in [-0.2, 0) is 28.5 Å². The second kappa shape index (κ2) is 11.3. The van der Waals surface area contributed by atoms with Crippen molar-refractivity contribution < 1.29 is 33.3 Å². The zero-order chi connectivity index (χ0) is 18.7. The molecule has 0 fully saturated rings. The highest BCUT2D eigenvalue weighted by atomic mass is 16.8. The van der Waals surface area contributed by atoms with Crippen molar-refractivity contribution in [2.45, 2.75) is 66.0 Å². The highest BCUT2D eigenvalue weighted by molar-refractivity contribution is 5.87. The molecule has 7 nitrogen and oxygen atoms in total. The van der Waals surface area contributed by atoms with Crippen LogP contribution in [-0.4, -0.2) is 30.7 Å². The fourth-order valence-corrected chi connectivity index (χ4v) is 1.44. The number of hydrogen-bond donors (Lipinski definition) is 0. The Labute approximate surface area is 142 Å². The minimum atomic E-state index is -1.09. The van der Waals surface area contributed by atoms with Crippen LogP contribution in [0.3, 0.4) is 0 Å². The van der Waals surface area contributed by atoms with Crippen molar-refractivity contribution >= 4 is 18.1 Å². The molecule has 24 heavy (non-hydrogen) atoms. The van der Waals surface area contributed by atoms with E-state index in [4.69, 9.17) is 18.9 Å². The van der Waals surface area contributed by atoms with Gasteiger partial charge in [-0.1, -0.05) is 27.0 Å². The quantitative estimate of drug-likeness (QED) is 0.340. The van der Waals surface area contributed by atoms with E-state index < -0.39 is 30.7 Å². The Balaban J connectivity index is 4.70. The third-order valence-corrected chi connectivity index (χ3v) is 2.68. The summed E-state index contributed by atoms with van der Waals surface area (Å²) >= 11 is 0. The molecule has 136 valence electrons. The molecule has 0 saturated heterocycles. The first kappa shape index (κ1) is 21.7. The average Bonchev–Trinajstić information content (AvgIpc) is 2.46. The molecule has 0 aliphatic heterocycles. The van der Waals surface area contributed by atoms with Crippen molar-refractivity contribution in [2.24, 2.45) is 0 Å². The van der Waals surface area contributed by atoms with Gasteiger partial charge in [-0.3, -0.25) is 0 Å². The normalized spacial score (nSPS) is 12.5. The van der Waals surface area contributed by atoms with Crippen molar-refractivity contribution in [3.05, 3.63) is 24.3 Å². The Morgan fingerprint density at radius 3 is 1.33 bits per heavy atom. The van der Waals surface area contributed by atoms with Crippen molar-refractivity contribution in [1.82, 2.24) is 0 Å². The number of hydrogen-bond acceptors (Lipinski definition) is 7. The van der Waals surface area contributed by atoms with E-state index in [9.17, 15) is 14.4 Å². The molecule has 0 aliphatic rings. The van der Waals surface area contributed by atoms with Gasteiger partial charge in [-0.2, -0.15) is 0 Å². The van der Waals surface area contributed by atoms with Gasteiger partial charge in [0.05, 0.1) is 0 Å². The summed E-state index contributed by atoms with van der Waals surface area (Å²) in [6.07, 6.45) is -1.43. The molecular formula is C17H26O7. The molecular weight excluding hydrogens is 316 g/mol. The lowest BCUT2D eigenvalue weighted by Gasteiger charge is -2.21. The highest BCUT2D eigenvalue weighted by Gasteiger charge is 2.24. The number of carbonyl (C=O) groups is 3. The summed E-state index contributed by atoms with van der Waals surface area (Å²) in [6, 6.07) is 0. The maximum atomic E-state index is 11.8. The summed E-state index contributed by atoms with van der Waals surface area (Å²) in [4.78, 5) is 34.9. The molecule has 2 unspecified atom stereocenters. The van der Waals surface area contributed by atoms with Crippen LogP contribution in [0.15, 0.2) is 24.3 Å². The monoisotopic (exact) mass is 342 g/mol. The van der Waals surface area contributed by atoms with Crippen molar-refractivity contribution in [1.29, 1.82) is 0 Å². The zero-order valence-electron chi connectivity index (χ0n) is 14.8. The highest BCUT2D eigenvalue weighted by Crippen LogP contribution is 2.12. The molecule has 0 spiro atoms. The van der Waals surface area contributed by atoms with Crippen LogP contribution in [0.5, 0.6) is 0 Å². The van der Waals surface area contributed by atoms with Crippen LogP contribution < -0.4 is 0 Å². The summed E-state index contributed by atoms with van der Waals surface area (Å²) in [5.74, 6) is -1.33. The predicted molar refractivity (Wildman–Crippen MR) is 86.8 cm³/mol. The van der Waals surface area contributed by atoms with Gasteiger partial charge in [-0.15, -0.1) is 0 Å². The van der Waals surface area contributed by atoms with E-state index >= 15 is 0 Å². The van der Waals surface area contributed by atoms with Crippen LogP contribution >= 0.6 is 0 Å². The van der Waals surface area contributed by atoms with Gasteiger partial charge in [-0.05, 0) is 26.7 Å². The number of esters is 2. The Morgan fingerprint density at radius 2 is 1.08 bits per heavy atom. The van der Waals surface area contributed by atoms with Crippen molar-refractivity contribution in [3.8, 4) is 0 Å². The van der Waals surface area contributed by atoms with E-state index in [1.165, 1.54) is 13.8 Å². The van der Waals surface area contributed by atoms with E-state index in [2.05, 4.69) is 13.2 Å². The third kappa shape index (κ3) is 8.97. The first-order chi connectivity index (χ1) is 11.2. The molecule has 0 radical (unpaired) electrons. The molecule has 0 aliphatic carbocycles. The largest absolute Gasteiger partial charge is 0.514 e. The SMILES string of the molecule is C=C(C)C(=O)OC(CCC)OC(=O)OC(CCC)OC(=O)C(=C)C. The topological polar surface area (TPSA) is 88.1 Å². The second-order valence-electron chi connectivity index (χ2n) is 5.29. The van der Waals surface area contributed by atoms with Gasteiger partial charge in [0.15, 0.2) is 0 Å². The Hall–Kier alpha value is -2.31. The molecule has 7 heteroatoms. The minimum absolute atomic E-state index is 0.187. The number of carbonyl (C=O) groups excluding carboxylic acids is 3. The van der Waals surface area contributed by atoms with Crippen LogP contribution in [0, 0.1) is 0 Å². The first-order valence-electron chi connectivity index (χ1n) is 7.81. The predicted octanol–water partition coefficient (Wildman–Crippen LogP) is 3.63. The molecule has 0 bridgehead atoms. The smallest absolute Gasteiger partial charge is 0.422 e. The van der Waals surface area contributed by atoms with Crippen LogP contribution in [0.25, 0.3) is 0 Å². The Morgan fingerprint density at radius 1 is 0.750 bits per heavy atom. The minimum Gasteiger partial charge on any atom is -0.422 e. The molecule has 0 heterocycles. The fraction of sp³-hybridized carbons (Fsp3) is 0.588. The first-order valence-corrected chi connectivity index (χ1v) is 7.81. The lowest BCUT2D eigenvalue weighted by Crippen LogP contribution is -2.30. The second-order valence-corrected chi connectivity index (χ2v) is 5.29. The van der Waals surface area contributed by atoms with Gasteiger partial charge in [-0.25, -0.2) is 14.4 Å². The lowest BCUT2D eigenvalue weighted by molar-refractivity contribution is -0.182. The molecule has 0 aromatic rings. The van der Waals surface area contributed by atoms with E-state index in [0.717, 1.165) is 0 Å². The lowest BCUT2D eigenvalue weighted by atomic mass is 10.3. The van der Waals surface area contributed by atoms with Gasteiger partial charge in [0.2, 0.25) is 0 Å². The van der Waals surface area contributed by atoms with Crippen molar-refractivity contribution in [3.63, 3.8) is 0 Å². The number of rotatable bonds is 10. The van der Waals surface area contributed by atoms with Crippen LogP contribution in [0.1, 0.15) is 53.4 Å². The summed E-state index contributed by atoms with van der Waals surface area (Å²) in [5.41, 5.74) is 0.375. The molecule has 0 amide bonds. The Bertz CT molecular complexity index is 439. The van der Waals surface area contributed by atoms with E-state index in [0.29, 0.717) is 25.7 Å². The van der Waals surface area contributed by atoms with Gasteiger partial charge in [0.25, 0.3) is 12.6 Å². The molecule has 0 saturated carbocycles. The molecule has 0 rings (SSSR count). The number of ether oxygens (including phenoxy) is 4. The van der Waals surface area contributed by atoms with Crippen LogP contribution in [0.2, 0.25) is 0 Å². The molecule has 2 atom stereocenters. The van der Waals surface area contributed by atoms with Gasteiger partial charge in [0.1, 0.15) is 0 Å². The van der Waals surface area contributed by atoms with E-state index in [1.807, 2.05) is 13.8 Å².